The highest BCUT2D eigenvalue weighted by atomic mass is 31.2. The van der Waals surface area contributed by atoms with Gasteiger partial charge in [0.2, 0.25) is 0 Å². The Kier molecular flexibility index (Phi) is 10.6. The lowest BCUT2D eigenvalue weighted by Crippen LogP contribution is -2.01. The quantitative estimate of drug-likeness (QED) is 0.206. The highest BCUT2D eigenvalue weighted by Crippen LogP contribution is 2.35. The van der Waals surface area contributed by atoms with E-state index >= 15 is 0 Å². The zero-order valence-electron chi connectivity index (χ0n) is 18.1. The summed E-state index contributed by atoms with van der Waals surface area (Å²) in [5, 5.41) is 0. The molecule has 0 radical (unpaired) electrons. The second-order valence-corrected chi connectivity index (χ2v) is 8.68. The third-order valence-electron chi connectivity index (χ3n) is 5.42. The van der Waals surface area contributed by atoms with Crippen molar-refractivity contribution in [1.82, 2.24) is 0 Å². The molecule has 0 saturated heterocycles. The zero-order chi connectivity index (χ0) is 21.6. The van der Waals surface area contributed by atoms with Crippen molar-refractivity contribution in [3.63, 3.8) is 0 Å². The maximum absolute atomic E-state index is 9.84. The van der Waals surface area contributed by atoms with Crippen LogP contribution in [0.15, 0.2) is 91.0 Å². The van der Waals surface area contributed by atoms with Crippen LogP contribution in [0.5, 0.6) is 5.75 Å². The fourth-order valence-corrected chi connectivity index (χ4v) is 4.43. The first-order valence-corrected chi connectivity index (χ1v) is 12.4. The van der Waals surface area contributed by atoms with Gasteiger partial charge in [0.15, 0.2) is 0 Å². The summed E-state index contributed by atoms with van der Waals surface area (Å²) in [4.78, 5) is 9.84. The molecule has 0 aliphatic carbocycles. The van der Waals surface area contributed by atoms with E-state index in [0.29, 0.717) is 18.3 Å². The van der Waals surface area contributed by atoms with Crippen molar-refractivity contribution in [1.29, 1.82) is 0 Å². The molecule has 3 aromatic rings. The van der Waals surface area contributed by atoms with Gasteiger partial charge in [0.05, 0.1) is 6.61 Å². The minimum absolute atomic E-state index is 0.476. The van der Waals surface area contributed by atoms with Gasteiger partial charge in [-0.15, -0.1) is 0 Å². The van der Waals surface area contributed by atoms with E-state index < -0.39 is 8.60 Å². The minimum atomic E-state index is -1.84. The van der Waals surface area contributed by atoms with Crippen molar-refractivity contribution in [2.75, 3.05) is 6.61 Å². The molecule has 31 heavy (non-hydrogen) atoms. The van der Waals surface area contributed by atoms with Gasteiger partial charge in [-0.05, 0) is 36.1 Å². The summed E-state index contributed by atoms with van der Waals surface area (Å²) in [7, 11) is -1.84. The summed E-state index contributed by atoms with van der Waals surface area (Å²) in [6, 6.07) is 31.0. The second-order valence-electron chi connectivity index (χ2n) is 7.76. The van der Waals surface area contributed by atoms with Gasteiger partial charge in [-0.3, -0.25) is 0 Å². The molecule has 0 amide bonds. The molecule has 0 aliphatic rings. The van der Waals surface area contributed by atoms with E-state index in [9.17, 15) is 4.89 Å². The van der Waals surface area contributed by atoms with Crippen LogP contribution in [-0.2, 0) is 4.52 Å². The maximum atomic E-state index is 9.84. The first-order valence-electron chi connectivity index (χ1n) is 11.3. The van der Waals surface area contributed by atoms with Crippen molar-refractivity contribution in [3.8, 4) is 5.75 Å². The summed E-state index contributed by atoms with van der Waals surface area (Å²) < 4.78 is 10.8. The van der Waals surface area contributed by atoms with Crippen molar-refractivity contribution in [2.45, 2.75) is 50.9 Å². The number of hydrogen-bond acceptors (Lipinski definition) is 3. The summed E-state index contributed by atoms with van der Waals surface area (Å²) in [5.74, 6) is 1.12. The van der Waals surface area contributed by atoms with Gasteiger partial charge >= 0.3 is 8.60 Å². The van der Waals surface area contributed by atoms with Gasteiger partial charge in [0.25, 0.3) is 0 Å². The Morgan fingerprint density at radius 3 is 1.68 bits per heavy atom. The molecule has 1 unspecified atom stereocenters. The van der Waals surface area contributed by atoms with Gasteiger partial charge in [-0.1, -0.05) is 111 Å². The van der Waals surface area contributed by atoms with Crippen LogP contribution in [0.25, 0.3) is 0 Å². The van der Waals surface area contributed by atoms with E-state index in [1.54, 1.807) is 0 Å². The van der Waals surface area contributed by atoms with Gasteiger partial charge < -0.3 is 13.9 Å². The number of para-hydroxylation sites is 1. The number of rotatable bonds is 14. The molecule has 0 aliphatic heterocycles. The fraction of sp³-hybridized carbons (Fsp3) is 0.333. The Morgan fingerprint density at radius 1 is 0.613 bits per heavy atom. The van der Waals surface area contributed by atoms with Crippen molar-refractivity contribution < 1.29 is 13.9 Å². The van der Waals surface area contributed by atoms with Crippen molar-refractivity contribution >= 4 is 8.60 Å². The largest absolute Gasteiger partial charge is 0.427 e. The molecule has 0 spiro atoms. The topological polar surface area (TPSA) is 38.7 Å². The Bertz CT molecular complexity index is 787. The summed E-state index contributed by atoms with van der Waals surface area (Å²) in [6.45, 7) is 0.541. The molecule has 0 heterocycles. The molecule has 0 bridgehead atoms. The monoisotopic (exact) mass is 436 g/mol. The third kappa shape index (κ3) is 8.83. The molecule has 0 fully saturated rings. The van der Waals surface area contributed by atoms with Gasteiger partial charge in [-0.2, -0.15) is 0 Å². The first kappa shape index (κ1) is 23.5. The lowest BCUT2D eigenvalue weighted by Gasteiger charge is -2.18. The second kappa shape index (κ2) is 14.0. The fourth-order valence-electron chi connectivity index (χ4n) is 3.79. The molecule has 1 N–H and O–H groups in total. The molecule has 4 heteroatoms. The molecule has 3 rings (SSSR count). The number of benzene rings is 3. The smallest absolute Gasteiger partial charge is 0.394 e. The molecular formula is C27H33O3P. The Labute approximate surface area is 188 Å². The average molecular weight is 437 g/mol. The van der Waals surface area contributed by atoms with E-state index in [1.807, 2.05) is 30.3 Å². The molecule has 0 aromatic heterocycles. The van der Waals surface area contributed by atoms with Crippen LogP contribution in [0, 0.1) is 0 Å². The third-order valence-corrected chi connectivity index (χ3v) is 6.19. The molecular weight excluding hydrogens is 403 g/mol. The molecule has 164 valence electrons. The van der Waals surface area contributed by atoms with E-state index in [1.165, 1.54) is 43.2 Å². The van der Waals surface area contributed by atoms with E-state index in [2.05, 4.69) is 60.7 Å². The molecule has 3 nitrogen and oxygen atoms in total. The highest BCUT2D eigenvalue weighted by Gasteiger charge is 2.13. The van der Waals surface area contributed by atoms with Crippen LogP contribution >= 0.6 is 8.60 Å². The van der Waals surface area contributed by atoms with Crippen LogP contribution in [0.2, 0.25) is 0 Å². The van der Waals surface area contributed by atoms with E-state index in [4.69, 9.17) is 9.05 Å². The van der Waals surface area contributed by atoms with Crippen LogP contribution < -0.4 is 4.52 Å². The van der Waals surface area contributed by atoms with Gasteiger partial charge in [-0.25, -0.2) is 0 Å². The van der Waals surface area contributed by atoms with E-state index in [0.717, 1.165) is 12.8 Å². The number of unbranched alkanes of at least 4 members (excludes halogenated alkanes) is 5. The maximum Gasteiger partial charge on any atom is 0.394 e. The van der Waals surface area contributed by atoms with Crippen molar-refractivity contribution in [3.05, 3.63) is 102 Å². The summed E-state index contributed by atoms with van der Waals surface area (Å²) in [6.07, 6.45) is 8.18. The SMILES string of the molecule is OP(OCCCCCCCCC(c1ccccc1)c1ccccc1)Oc1ccccc1. The lowest BCUT2D eigenvalue weighted by atomic mass is 9.87. The Balaban J connectivity index is 1.27. The average Bonchev–Trinajstić information content (AvgIpc) is 2.82. The minimum Gasteiger partial charge on any atom is -0.427 e. The van der Waals surface area contributed by atoms with Crippen molar-refractivity contribution in [2.24, 2.45) is 0 Å². The summed E-state index contributed by atoms with van der Waals surface area (Å²) >= 11 is 0. The predicted molar refractivity (Wildman–Crippen MR) is 129 cm³/mol. The normalized spacial score (nSPS) is 12.1. The van der Waals surface area contributed by atoms with E-state index in [-0.39, 0.29) is 0 Å². The zero-order valence-corrected chi connectivity index (χ0v) is 19.0. The van der Waals surface area contributed by atoms with Crippen LogP contribution in [0.3, 0.4) is 0 Å². The standard InChI is InChI=1S/C27H33O3P/c28-31(30-26-20-12-7-13-21-26)29-23-15-4-2-1-3-14-22-27(24-16-8-5-9-17-24)25-18-10-6-11-19-25/h5-13,16-21,27-28H,1-4,14-15,22-23H2. The highest BCUT2D eigenvalue weighted by molar-refractivity contribution is 7.41. The van der Waals surface area contributed by atoms with Gasteiger partial charge in [0.1, 0.15) is 5.75 Å². The molecule has 3 aromatic carbocycles. The first-order chi connectivity index (χ1) is 15.3. The van der Waals surface area contributed by atoms with Crippen LogP contribution in [0.4, 0.5) is 0 Å². The van der Waals surface area contributed by atoms with Gasteiger partial charge in [0, 0.05) is 5.92 Å². The van der Waals surface area contributed by atoms with Crippen LogP contribution in [-0.4, -0.2) is 11.5 Å². The number of hydrogen-bond donors (Lipinski definition) is 1. The van der Waals surface area contributed by atoms with Crippen LogP contribution in [0.1, 0.15) is 62.0 Å². The Morgan fingerprint density at radius 2 is 1.10 bits per heavy atom. The molecule has 1 atom stereocenters. The summed E-state index contributed by atoms with van der Waals surface area (Å²) in [5.41, 5.74) is 2.81. The Hall–Kier alpha value is -2.19. The predicted octanol–water partition coefficient (Wildman–Crippen LogP) is 7.86. The lowest BCUT2D eigenvalue weighted by molar-refractivity contribution is 0.253. The molecule has 0 saturated carbocycles.